The molecule has 16 unspecified atom stereocenters. The van der Waals surface area contributed by atoms with Crippen molar-refractivity contribution in [2.24, 2.45) is 5.73 Å². The van der Waals surface area contributed by atoms with Gasteiger partial charge in [0.25, 0.3) is 5.79 Å². The molecular formula is C28H47N3O22. The number of nitrogens with two attached hydrogens (primary N) is 1. The smallest absolute Gasteiger partial charge is 0.367 e. The van der Waals surface area contributed by atoms with Crippen LogP contribution >= 0.6 is 0 Å². The summed E-state index contributed by atoms with van der Waals surface area (Å²) in [6, 6.07) is -5.07. The van der Waals surface area contributed by atoms with Gasteiger partial charge in [0.15, 0.2) is 12.6 Å². The topological polar surface area (TPSA) is 416 Å². The van der Waals surface area contributed by atoms with E-state index in [-0.39, 0.29) is 0 Å². The molecule has 2 amide bonds. The molecule has 18 atom stereocenters. The van der Waals surface area contributed by atoms with E-state index < -0.39 is 160 Å². The van der Waals surface area contributed by atoms with Gasteiger partial charge in [0.2, 0.25) is 11.8 Å². The second kappa shape index (κ2) is 18.7. The normalized spacial score (nSPS) is 40.8. The van der Waals surface area contributed by atoms with Crippen molar-refractivity contribution in [3.05, 3.63) is 0 Å². The quantitative estimate of drug-likeness (QED) is 0.0691. The van der Waals surface area contributed by atoms with Crippen molar-refractivity contribution in [2.45, 2.75) is 124 Å². The average molecular weight is 778 g/mol. The Hall–Kier alpha value is -2.80. The molecule has 0 aromatic rings. The minimum absolute atomic E-state index is 0.729. The monoisotopic (exact) mass is 777 g/mol. The zero-order valence-corrected chi connectivity index (χ0v) is 28.2. The number of aliphatic hydroxyl groups is 10. The molecule has 0 aliphatic carbocycles. The zero-order valence-electron chi connectivity index (χ0n) is 28.2. The molecule has 0 spiro atoms. The number of hydrogen-bond acceptors (Lipinski definition) is 21. The Labute approximate surface area is 299 Å². The molecular weight excluding hydrogens is 730 g/mol. The number of carboxylic acid groups (broad SMARTS) is 2. The minimum Gasteiger partial charge on any atom is -0.480 e. The Balaban J connectivity index is 2.04. The lowest BCUT2D eigenvalue weighted by Gasteiger charge is -2.52. The fraction of sp³-hybridized carbons (Fsp3) is 0.857. The number of rotatable bonds is 16. The molecule has 3 heterocycles. The Morgan fingerprint density at radius 2 is 1.32 bits per heavy atom. The summed E-state index contributed by atoms with van der Waals surface area (Å²) in [5.41, 5.74) is 5.49. The lowest BCUT2D eigenvalue weighted by molar-refractivity contribution is -0.397. The predicted octanol–water partition coefficient (Wildman–Crippen LogP) is -9.67. The van der Waals surface area contributed by atoms with Crippen molar-refractivity contribution in [2.75, 3.05) is 26.4 Å². The van der Waals surface area contributed by atoms with Gasteiger partial charge in [0, 0.05) is 13.8 Å². The van der Waals surface area contributed by atoms with E-state index >= 15 is 0 Å². The maximum atomic E-state index is 12.8. The average Bonchev–Trinajstić information content (AvgIpc) is 3.10. The van der Waals surface area contributed by atoms with Gasteiger partial charge in [-0.25, -0.2) is 4.79 Å². The molecule has 0 aromatic heterocycles. The van der Waals surface area contributed by atoms with Gasteiger partial charge in [0.05, 0.1) is 32.5 Å². The molecule has 3 aliphatic heterocycles. The molecule has 3 saturated heterocycles. The highest BCUT2D eigenvalue weighted by molar-refractivity contribution is 5.78. The van der Waals surface area contributed by atoms with Crippen LogP contribution < -0.4 is 16.4 Å². The van der Waals surface area contributed by atoms with E-state index in [1.807, 2.05) is 0 Å². The van der Waals surface area contributed by atoms with Gasteiger partial charge in [-0.15, -0.1) is 0 Å². The second-order valence-electron chi connectivity index (χ2n) is 12.6. The van der Waals surface area contributed by atoms with Crippen LogP contribution in [0.4, 0.5) is 0 Å². The maximum Gasteiger partial charge on any atom is 0.367 e. The molecule has 0 bridgehead atoms. The summed E-state index contributed by atoms with van der Waals surface area (Å²) < 4.78 is 33.0. The van der Waals surface area contributed by atoms with Crippen LogP contribution in [0.3, 0.4) is 0 Å². The molecule has 306 valence electrons. The maximum absolute atomic E-state index is 12.8. The van der Waals surface area contributed by atoms with E-state index in [9.17, 15) is 75.3 Å². The summed E-state index contributed by atoms with van der Waals surface area (Å²) in [7, 11) is 0. The van der Waals surface area contributed by atoms with Crippen LogP contribution in [-0.2, 0) is 47.6 Å². The molecule has 0 saturated carbocycles. The van der Waals surface area contributed by atoms with Crippen molar-refractivity contribution in [1.82, 2.24) is 10.6 Å². The van der Waals surface area contributed by atoms with Crippen molar-refractivity contribution in [3.8, 4) is 0 Å². The highest BCUT2D eigenvalue weighted by Gasteiger charge is 2.65. The molecule has 0 aromatic carbocycles. The van der Waals surface area contributed by atoms with Crippen LogP contribution in [0.15, 0.2) is 0 Å². The number of ether oxygens (including phenoxy) is 6. The molecule has 0 radical (unpaired) electrons. The first-order chi connectivity index (χ1) is 24.8. The fourth-order valence-electron chi connectivity index (χ4n) is 5.99. The lowest BCUT2D eigenvalue weighted by Crippen LogP contribution is -2.76. The van der Waals surface area contributed by atoms with Crippen LogP contribution in [0, 0.1) is 0 Å². The largest absolute Gasteiger partial charge is 0.480 e. The molecule has 25 heteroatoms. The zero-order chi connectivity index (χ0) is 40.1. The summed E-state index contributed by atoms with van der Waals surface area (Å²) in [5, 5.41) is 130. The van der Waals surface area contributed by atoms with Gasteiger partial charge in [-0.05, 0) is 0 Å². The molecule has 53 heavy (non-hydrogen) atoms. The Bertz CT molecular complexity index is 1270. The number of aliphatic carboxylic acids is 2. The molecule has 3 aliphatic rings. The van der Waals surface area contributed by atoms with E-state index in [4.69, 9.17) is 39.3 Å². The number of amides is 2. The highest BCUT2D eigenvalue weighted by Crippen LogP contribution is 2.38. The van der Waals surface area contributed by atoms with Gasteiger partial charge in [-0.3, -0.25) is 14.4 Å². The van der Waals surface area contributed by atoms with E-state index in [1.165, 1.54) is 0 Å². The Morgan fingerprint density at radius 1 is 0.792 bits per heavy atom. The third-order valence-electron chi connectivity index (χ3n) is 8.74. The fourth-order valence-corrected chi connectivity index (χ4v) is 5.99. The first-order valence-electron chi connectivity index (χ1n) is 16.0. The Kier molecular flexibility index (Phi) is 15.7. The summed E-state index contributed by atoms with van der Waals surface area (Å²) in [4.78, 5) is 48.1. The second-order valence-corrected chi connectivity index (χ2v) is 12.6. The summed E-state index contributed by atoms with van der Waals surface area (Å²) >= 11 is 0. The van der Waals surface area contributed by atoms with Crippen molar-refractivity contribution in [1.29, 1.82) is 0 Å². The molecule has 25 nitrogen and oxygen atoms in total. The van der Waals surface area contributed by atoms with Crippen LogP contribution in [0.1, 0.15) is 13.8 Å². The number of carbonyl (C=O) groups excluding carboxylic acids is 2. The minimum atomic E-state index is -3.58. The van der Waals surface area contributed by atoms with Gasteiger partial charge < -0.3 is 106 Å². The van der Waals surface area contributed by atoms with Crippen molar-refractivity contribution in [3.63, 3.8) is 0 Å². The summed E-state index contributed by atoms with van der Waals surface area (Å²) in [5.74, 6) is -9.01. The van der Waals surface area contributed by atoms with Gasteiger partial charge in [-0.1, -0.05) is 0 Å². The van der Waals surface area contributed by atoms with Crippen LogP contribution in [0.5, 0.6) is 0 Å². The van der Waals surface area contributed by atoms with E-state index in [2.05, 4.69) is 10.6 Å². The van der Waals surface area contributed by atoms with Gasteiger partial charge in [0.1, 0.15) is 85.3 Å². The van der Waals surface area contributed by atoms with Crippen molar-refractivity contribution >= 4 is 23.8 Å². The highest BCUT2D eigenvalue weighted by atomic mass is 16.8. The van der Waals surface area contributed by atoms with E-state index in [0.717, 1.165) is 13.8 Å². The number of aliphatic hydroxyl groups excluding tert-OH is 10. The van der Waals surface area contributed by atoms with Gasteiger partial charge >= 0.3 is 11.9 Å². The standard InChI is InChI=1S/C28H47N3O22/c1-7(35)30-13-18(41)23(43)28(27(46)47,52-21(13)15(38)10(37)3-32)53-22-17(40)12(5-34)50-26(19(22)42)51-20-14(31-8(2)36)25(48-6-9(29)24(44)45)49-11(4-33)16(20)39/h9-23,25-26,32-34,37-43H,3-6,29H2,1-2H3,(H,30,35)(H,31,36)(H,44,45)(H,46,47)/t9?,10-,11?,12?,13?,14?,15-,16?,17?,18?,19?,20?,21?,22?,23?,25?,26?,28?/m1/s1. The van der Waals surface area contributed by atoms with Crippen LogP contribution in [0.2, 0.25) is 0 Å². The third kappa shape index (κ3) is 9.72. The van der Waals surface area contributed by atoms with E-state index in [0.29, 0.717) is 0 Å². The first-order valence-corrected chi connectivity index (χ1v) is 16.0. The first kappa shape index (κ1) is 44.6. The van der Waals surface area contributed by atoms with E-state index in [1.54, 1.807) is 0 Å². The number of carbonyl (C=O) groups is 4. The third-order valence-corrected chi connectivity index (χ3v) is 8.74. The van der Waals surface area contributed by atoms with Crippen molar-refractivity contribution < 1.29 is 109 Å². The molecule has 3 rings (SSSR count). The summed E-state index contributed by atoms with van der Waals surface area (Å²) in [6.45, 7) is -1.93. The summed E-state index contributed by atoms with van der Waals surface area (Å²) in [6.07, 6.45) is -29.6. The van der Waals surface area contributed by atoms with Gasteiger partial charge in [-0.2, -0.15) is 0 Å². The van der Waals surface area contributed by atoms with Crippen LogP contribution in [0.25, 0.3) is 0 Å². The number of carboxylic acids is 2. The predicted molar refractivity (Wildman–Crippen MR) is 162 cm³/mol. The molecule has 3 fully saturated rings. The SMILES string of the molecule is CC(=O)NC1C(OCC(N)C(=O)O)OC(CO)C(O)C1OC1OC(CO)C(O)C(OC2(C(=O)O)OC([C@H](O)[C@H](O)CO)C(NC(C)=O)C(O)C2O)C1O. The van der Waals surface area contributed by atoms with Crippen LogP contribution in [-0.4, -0.2) is 221 Å². The number of nitrogens with one attached hydrogen (secondary N) is 2. The lowest BCUT2D eigenvalue weighted by atomic mass is 9.86. The number of hydrogen-bond donors (Lipinski definition) is 15. The molecule has 16 N–H and O–H groups in total. The Morgan fingerprint density at radius 3 is 1.81 bits per heavy atom.